The SMILES string of the molecule is C[C@@H]1CC2C3CCC4=CC(=O)C=CC4(C)C3[C@@H](O)CC2(C)C1C(=O)O. The van der Waals surface area contributed by atoms with Gasteiger partial charge < -0.3 is 10.2 Å². The van der Waals surface area contributed by atoms with Crippen LogP contribution in [0.5, 0.6) is 0 Å². The van der Waals surface area contributed by atoms with Crippen molar-refractivity contribution in [1.82, 2.24) is 0 Å². The normalized spacial score (nSPS) is 51.4. The fourth-order valence-electron chi connectivity index (χ4n) is 7.22. The van der Waals surface area contributed by atoms with Crippen molar-refractivity contribution in [3.8, 4) is 0 Å². The van der Waals surface area contributed by atoms with Crippen LogP contribution in [0, 0.1) is 40.4 Å². The first-order chi connectivity index (χ1) is 11.7. The second-order valence-corrected chi connectivity index (χ2v) is 9.33. The van der Waals surface area contributed by atoms with Crippen molar-refractivity contribution in [1.29, 1.82) is 0 Å². The van der Waals surface area contributed by atoms with E-state index in [2.05, 4.69) is 20.8 Å². The molecular weight excluding hydrogens is 316 g/mol. The zero-order valence-corrected chi connectivity index (χ0v) is 15.2. The van der Waals surface area contributed by atoms with Crippen LogP contribution in [-0.4, -0.2) is 28.1 Å². The molecule has 6 unspecified atom stereocenters. The van der Waals surface area contributed by atoms with Gasteiger partial charge in [0.25, 0.3) is 0 Å². The molecule has 0 aromatic heterocycles. The molecule has 3 fully saturated rings. The van der Waals surface area contributed by atoms with E-state index < -0.39 is 12.1 Å². The van der Waals surface area contributed by atoms with Crippen LogP contribution in [-0.2, 0) is 9.59 Å². The smallest absolute Gasteiger partial charge is 0.307 e. The lowest BCUT2D eigenvalue weighted by Crippen LogP contribution is -2.56. The first kappa shape index (κ1) is 17.0. The largest absolute Gasteiger partial charge is 0.481 e. The molecule has 4 aliphatic carbocycles. The van der Waals surface area contributed by atoms with Gasteiger partial charge in [-0.15, -0.1) is 0 Å². The van der Waals surface area contributed by atoms with Crippen molar-refractivity contribution in [3.63, 3.8) is 0 Å². The molecular formula is C21H28O4. The number of aliphatic carboxylic acids is 1. The first-order valence-electron chi connectivity index (χ1n) is 9.53. The number of hydrogen-bond acceptors (Lipinski definition) is 3. The molecule has 0 aromatic rings. The number of aliphatic hydroxyl groups excluding tert-OH is 1. The Bertz CT molecular complexity index is 692. The third-order valence-corrected chi connectivity index (χ3v) is 8.10. The van der Waals surface area contributed by atoms with Gasteiger partial charge in [-0.25, -0.2) is 0 Å². The van der Waals surface area contributed by atoms with Gasteiger partial charge in [-0.05, 0) is 61.0 Å². The summed E-state index contributed by atoms with van der Waals surface area (Å²) in [5.41, 5.74) is 0.532. The van der Waals surface area contributed by atoms with Gasteiger partial charge in [0.05, 0.1) is 12.0 Å². The summed E-state index contributed by atoms with van der Waals surface area (Å²) in [6.45, 7) is 6.30. The highest BCUT2D eigenvalue weighted by Gasteiger charge is 2.64. The van der Waals surface area contributed by atoms with E-state index in [1.165, 1.54) is 0 Å². The predicted molar refractivity (Wildman–Crippen MR) is 93.7 cm³/mol. The van der Waals surface area contributed by atoms with Gasteiger partial charge in [0.15, 0.2) is 5.78 Å². The van der Waals surface area contributed by atoms with Crippen molar-refractivity contribution in [2.75, 3.05) is 0 Å². The molecule has 0 bridgehead atoms. The molecule has 0 heterocycles. The van der Waals surface area contributed by atoms with E-state index in [9.17, 15) is 19.8 Å². The van der Waals surface area contributed by atoms with Crippen LogP contribution >= 0.6 is 0 Å². The molecule has 0 aliphatic heterocycles. The topological polar surface area (TPSA) is 74.6 Å². The second kappa shape index (κ2) is 5.29. The Hall–Kier alpha value is -1.42. The summed E-state index contributed by atoms with van der Waals surface area (Å²) in [7, 11) is 0. The van der Waals surface area contributed by atoms with E-state index in [1.54, 1.807) is 12.2 Å². The zero-order chi connectivity index (χ0) is 18.1. The highest BCUT2D eigenvalue weighted by Crippen LogP contribution is 2.67. The number of allylic oxidation sites excluding steroid dienone is 4. The molecule has 0 amide bonds. The lowest BCUT2D eigenvalue weighted by atomic mass is 9.47. The fourth-order valence-corrected chi connectivity index (χ4v) is 7.22. The molecule has 0 aromatic carbocycles. The molecule has 8 atom stereocenters. The van der Waals surface area contributed by atoms with Gasteiger partial charge in [0, 0.05) is 11.3 Å². The highest BCUT2D eigenvalue weighted by molar-refractivity contribution is 6.01. The minimum atomic E-state index is -0.714. The van der Waals surface area contributed by atoms with Crippen molar-refractivity contribution >= 4 is 11.8 Å². The maximum atomic E-state index is 11.9. The van der Waals surface area contributed by atoms with Crippen LogP contribution in [0.2, 0.25) is 0 Å². The quantitative estimate of drug-likeness (QED) is 0.766. The number of ketones is 1. The summed E-state index contributed by atoms with van der Waals surface area (Å²) in [5.74, 6) is -0.167. The zero-order valence-electron chi connectivity index (χ0n) is 15.2. The van der Waals surface area contributed by atoms with Gasteiger partial charge in [-0.2, -0.15) is 0 Å². The number of carboxylic acids is 1. The van der Waals surface area contributed by atoms with E-state index in [4.69, 9.17) is 0 Å². The Morgan fingerprint density at radius 1 is 1.32 bits per heavy atom. The van der Waals surface area contributed by atoms with Crippen LogP contribution in [0.3, 0.4) is 0 Å². The fraction of sp³-hybridized carbons (Fsp3) is 0.714. The number of carboxylic acid groups (broad SMARTS) is 1. The van der Waals surface area contributed by atoms with E-state index in [0.717, 1.165) is 24.8 Å². The van der Waals surface area contributed by atoms with Crippen LogP contribution < -0.4 is 0 Å². The Morgan fingerprint density at radius 2 is 2.04 bits per heavy atom. The maximum Gasteiger partial charge on any atom is 0.307 e. The first-order valence-corrected chi connectivity index (χ1v) is 9.53. The Kier molecular flexibility index (Phi) is 3.60. The van der Waals surface area contributed by atoms with Crippen molar-refractivity contribution in [2.45, 2.75) is 52.6 Å². The summed E-state index contributed by atoms with van der Waals surface area (Å²) in [6, 6.07) is 0. The summed E-state index contributed by atoms with van der Waals surface area (Å²) in [6.07, 6.45) is 8.18. The van der Waals surface area contributed by atoms with E-state index >= 15 is 0 Å². The third kappa shape index (κ3) is 2.16. The van der Waals surface area contributed by atoms with Crippen molar-refractivity contribution < 1.29 is 19.8 Å². The number of hydrogen-bond donors (Lipinski definition) is 2. The molecule has 136 valence electrons. The number of fused-ring (bicyclic) bond motifs is 5. The van der Waals surface area contributed by atoms with Gasteiger partial charge in [0.1, 0.15) is 0 Å². The van der Waals surface area contributed by atoms with E-state index in [1.807, 2.05) is 6.08 Å². The standard InChI is InChI=1S/C21H28O4/c1-11-8-15-14-5-4-12-9-13(22)6-7-20(12,2)18(14)16(23)10-21(15,3)17(11)19(24)25/h6-7,9,11,14-18,23H,4-5,8,10H2,1-3H3,(H,24,25)/t11-,14?,15?,16+,17?,18?,20?,21?/m1/s1. The van der Waals surface area contributed by atoms with Gasteiger partial charge in [-0.1, -0.05) is 32.4 Å². The molecule has 25 heavy (non-hydrogen) atoms. The molecule has 4 aliphatic rings. The molecule has 0 spiro atoms. The Labute approximate surface area is 149 Å². The summed E-state index contributed by atoms with van der Waals surface area (Å²) in [5, 5.41) is 20.9. The summed E-state index contributed by atoms with van der Waals surface area (Å²) < 4.78 is 0. The average molecular weight is 344 g/mol. The van der Waals surface area contributed by atoms with Gasteiger partial charge >= 0.3 is 5.97 Å². The van der Waals surface area contributed by atoms with Crippen molar-refractivity contribution in [3.05, 3.63) is 23.8 Å². The average Bonchev–Trinajstić information content (AvgIpc) is 2.77. The minimum absolute atomic E-state index is 0.0430. The molecule has 2 N–H and O–H groups in total. The Morgan fingerprint density at radius 3 is 2.72 bits per heavy atom. The number of rotatable bonds is 1. The van der Waals surface area contributed by atoms with E-state index in [0.29, 0.717) is 18.3 Å². The third-order valence-electron chi connectivity index (χ3n) is 8.10. The number of carbonyl (C=O) groups is 2. The molecule has 3 saturated carbocycles. The van der Waals surface area contributed by atoms with Crippen LogP contribution in [0.1, 0.15) is 46.5 Å². The van der Waals surface area contributed by atoms with Crippen LogP contribution in [0.4, 0.5) is 0 Å². The van der Waals surface area contributed by atoms with Gasteiger partial charge in [-0.3, -0.25) is 9.59 Å². The number of carbonyl (C=O) groups excluding carboxylic acids is 1. The summed E-state index contributed by atoms with van der Waals surface area (Å²) in [4.78, 5) is 23.7. The molecule has 0 saturated heterocycles. The molecule has 0 radical (unpaired) electrons. The number of aliphatic hydroxyl groups is 1. The minimum Gasteiger partial charge on any atom is -0.481 e. The van der Waals surface area contributed by atoms with Gasteiger partial charge in [0.2, 0.25) is 0 Å². The van der Waals surface area contributed by atoms with E-state index in [-0.39, 0.29) is 34.4 Å². The molecule has 4 nitrogen and oxygen atoms in total. The lowest BCUT2D eigenvalue weighted by Gasteiger charge is -2.58. The van der Waals surface area contributed by atoms with Crippen molar-refractivity contribution in [2.24, 2.45) is 40.4 Å². The monoisotopic (exact) mass is 344 g/mol. The summed E-state index contributed by atoms with van der Waals surface area (Å²) >= 11 is 0. The molecule has 4 heteroatoms. The maximum absolute atomic E-state index is 11.9. The second-order valence-electron chi connectivity index (χ2n) is 9.33. The lowest BCUT2D eigenvalue weighted by molar-refractivity contribution is -0.156. The highest BCUT2D eigenvalue weighted by atomic mass is 16.4. The van der Waals surface area contributed by atoms with Crippen LogP contribution in [0.15, 0.2) is 23.8 Å². The van der Waals surface area contributed by atoms with Crippen LogP contribution in [0.25, 0.3) is 0 Å². The molecule has 4 rings (SSSR count). The Balaban J connectivity index is 1.76. The predicted octanol–water partition coefficient (Wildman–Crippen LogP) is 3.21.